The molecule has 1 aromatic carbocycles. The van der Waals surface area contributed by atoms with Crippen molar-refractivity contribution in [3.63, 3.8) is 0 Å². The Morgan fingerprint density at radius 1 is 0.974 bits per heavy atom. The van der Waals surface area contributed by atoms with Crippen molar-refractivity contribution < 1.29 is 42.9 Å². The second-order valence-corrected chi connectivity index (χ2v) is 8.38. The SMILES string of the molecule is [N-]=[N+]=NCCOCCOCCOCCOCCC(=O)Nc1cccc2c1C(=O)N(C1CCC(=O)NC1=O)C2=O. The van der Waals surface area contributed by atoms with Gasteiger partial charge in [-0.15, -0.1) is 0 Å². The van der Waals surface area contributed by atoms with E-state index in [1.807, 2.05) is 0 Å². The predicted molar refractivity (Wildman–Crippen MR) is 134 cm³/mol. The van der Waals surface area contributed by atoms with Gasteiger partial charge >= 0.3 is 0 Å². The van der Waals surface area contributed by atoms with Crippen molar-refractivity contribution in [1.82, 2.24) is 10.2 Å². The molecule has 3 rings (SSSR count). The van der Waals surface area contributed by atoms with E-state index in [1.165, 1.54) is 18.2 Å². The number of piperidine rings is 1. The molecule has 1 atom stereocenters. The number of nitrogens with one attached hydrogen (secondary N) is 2. The summed E-state index contributed by atoms with van der Waals surface area (Å²) < 4.78 is 21.3. The van der Waals surface area contributed by atoms with Crippen LogP contribution in [0, 0.1) is 0 Å². The number of fused-ring (bicyclic) bond motifs is 1. The van der Waals surface area contributed by atoms with E-state index in [9.17, 15) is 24.0 Å². The second-order valence-electron chi connectivity index (χ2n) is 8.38. The third-order valence-electron chi connectivity index (χ3n) is 5.73. The summed E-state index contributed by atoms with van der Waals surface area (Å²) in [4.78, 5) is 65.5. The third-order valence-corrected chi connectivity index (χ3v) is 5.73. The lowest BCUT2D eigenvalue weighted by atomic mass is 10.0. The number of carbonyl (C=O) groups is 5. The minimum absolute atomic E-state index is 0.00541. The molecule has 1 saturated heterocycles. The lowest BCUT2D eigenvalue weighted by Crippen LogP contribution is -2.54. The molecule has 15 nitrogen and oxygen atoms in total. The highest BCUT2D eigenvalue weighted by atomic mass is 16.6. The van der Waals surface area contributed by atoms with Crippen LogP contribution in [-0.4, -0.2) is 99.9 Å². The van der Waals surface area contributed by atoms with Crippen LogP contribution in [0.5, 0.6) is 0 Å². The quantitative estimate of drug-likeness (QED) is 0.0932. The standard InChI is InChI=1S/C24H30N6O9/c25-29-26-7-9-37-11-13-39-15-14-38-12-10-36-8-6-20(32)27-17-3-1-2-16-21(17)24(35)30(23(16)34)18-4-5-19(31)28-22(18)33/h1-3,18H,4-15H2,(H,27,32)(H,28,31,33). The summed E-state index contributed by atoms with van der Waals surface area (Å²) >= 11 is 0. The zero-order valence-electron chi connectivity index (χ0n) is 21.3. The van der Waals surface area contributed by atoms with Crippen molar-refractivity contribution in [3.05, 3.63) is 39.8 Å². The van der Waals surface area contributed by atoms with Gasteiger partial charge in [0.25, 0.3) is 11.8 Å². The fourth-order valence-corrected chi connectivity index (χ4v) is 3.91. The Labute approximate surface area is 223 Å². The molecule has 0 radical (unpaired) electrons. The second kappa shape index (κ2) is 15.5. The van der Waals surface area contributed by atoms with Crippen molar-refractivity contribution in [2.45, 2.75) is 25.3 Å². The number of nitrogens with zero attached hydrogens (tertiary/aromatic N) is 4. The monoisotopic (exact) mass is 546 g/mol. The first-order valence-corrected chi connectivity index (χ1v) is 12.4. The van der Waals surface area contributed by atoms with Crippen LogP contribution in [-0.2, 0) is 33.3 Å². The number of anilines is 1. The maximum absolute atomic E-state index is 13.1. The van der Waals surface area contributed by atoms with E-state index in [0.717, 1.165) is 4.90 Å². The van der Waals surface area contributed by atoms with E-state index in [2.05, 4.69) is 20.7 Å². The van der Waals surface area contributed by atoms with E-state index in [0.29, 0.717) is 39.6 Å². The Morgan fingerprint density at radius 2 is 1.62 bits per heavy atom. The Hall–Kier alpha value is -3.88. The van der Waals surface area contributed by atoms with Crippen LogP contribution < -0.4 is 10.6 Å². The average molecular weight is 547 g/mol. The summed E-state index contributed by atoms with van der Waals surface area (Å²) in [5, 5.41) is 8.12. The molecule has 39 heavy (non-hydrogen) atoms. The molecule has 0 bridgehead atoms. The molecular formula is C24H30N6O9. The van der Waals surface area contributed by atoms with Crippen molar-refractivity contribution in [3.8, 4) is 0 Å². The minimum Gasteiger partial charge on any atom is -0.379 e. The maximum Gasteiger partial charge on any atom is 0.264 e. The number of imide groups is 2. The molecule has 0 aromatic heterocycles. The Bertz CT molecular complexity index is 1120. The summed E-state index contributed by atoms with van der Waals surface area (Å²) in [7, 11) is 0. The molecule has 1 unspecified atom stereocenters. The van der Waals surface area contributed by atoms with E-state index < -0.39 is 35.6 Å². The fourth-order valence-electron chi connectivity index (χ4n) is 3.91. The van der Waals surface area contributed by atoms with Gasteiger partial charge in [0.15, 0.2) is 0 Å². The minimum atomic E-state index is -1.09. The Morgan fingerprint density at radius 3 is 2.26 bits per heavy atom. The van der Waals surface area contributed by atoms with Crippen LogP contribution in [0.1, 0.15) is 40.0 Å². The average Bonchev–Trinajstić information content (AvgIpc) is 3.17. The van der Waals surface area contributed by atoms with E-state index >= 15 is 0 Å². The van der Waals surface area contributed by atoms with E-state index in [-0.39, 0.29) is 55.8 Å². The zero-order chi connectivity index (χ0) is 28.0. The molecule has 0 aliphatic carbocycles. The van der Waals surface area contributed by atoms with Gasteiger partial charge in [-0.3, -0.25) is 34.2 Å². The lowest BCUT2D eigenvalue weighted by Gasteiger charge is -2.27. The van der Waals surface area contributed by atoms with Crippen molar-refractivity contribution in [2.75, 3.05) is 64.7 Å². The maximum atomic E-state index is 13.1. The molecule has 5 amide bonds. The van der Waals surface area contributed by atoms with Crippen LogP contribution >= 0.6 is 0 Å². The molecular weight excluding hydrogens is 516 g/mol. The van der Waals surface area contributed by atoms with E-state index in [4.69, 9.17) is 24.5 Å². The molecule has 0 saturated carbocycles. The first kappa shape index (κ1) is 29.7. The Balaban J connectivity index is 1.32. The number of benzene rings is 1. The van der Waals surface area contributed by atoms with Gasteiger partial charge in [0.2, 0.25) is 17.7 Å². The number of hydrogen-bond acceptors (Lipinski definition) is 10. The highest BCUT2D eigenvalue weighted by molar-refractivity contribution is 6.26. The van der Waals surface area contributed by atoms with Gasteiger partial charge in [-0.25, -0.2) is 0 Å². The summed E-state index contributed by atoms with van der Waals surface area (Å²) in [6.07, 6.45) is 0.0669. The van der Waals surface area contributed by atoms with Gasteiger partial charge in [0.1, 0.15) is 6.04 Å². The number of hydrogen-bond donors (Lipinski definition) is 2. The molecule has 2 heterocycles. The van der Waals surface area contributed by atoms with Gasteiger partial charge in [-0.1, -0.05) is 11.2 Å². The highest BCUT2D eigenvalue weighted by Crippen LogP contribution is 2.32. The summed E-state index contributed by atoms with van der Waals surface area (Å²) in [5.41, 5.74) is 8.39. The smallest absolute Gasteiger partial charge is 0.264 e. The van der Waals surface area contributed by atoms with Crippen LogP contribution in [0.15, 0.2) is 23.3 Å². The highest BCUT2D eigenvalue weighted by Gasteiger charge is 2.45. The summed E-state index contributed by atoms with van der Waals surface area (Å²) in [6, 6.07) is 3.40. The first-order valence-electron chi connectivity index (χ1n) is 12.4. The number of azide groups is 1. The zero-order valence-corrected chi connectivity index (χ0v) is 21.3. The number of ether oxygens (including phenoxy) is 4. The van der Waals surface area contributed by atoms with Crippen LogP contribution in [0.3, 0.4) is 0 Å². The largest absolute Gasteiger partial charge is 0.379 e. The molecule has 2 aliphatic rings. The van der Waals surface area contributed by atoms with Crippen LogP contribution in [0.4, 0.5) is 5.69 Å². The van der Waals surface area contributed by atoms with Gasteiger partial charge < -0.3 is 24.3 Å². The molecule has 1 aromatic rings. The van der Waals surface area contributed by atoms with E-state index in [1.54, 1.807) is 0 Å². The fraction of sp³-hybridized carbons (Fsp3) is 0.542. The number of carbonyl (C=O) groups excluding carboxylic acids is 5. The summed E-state index contributed by atoms with van der Waals surface area (Å²) in [5.74, 6) is -2.92. The van der Waals surface area contributed by atoms with Crippen LogP contribution in [0.2, 0.25) is 0 Å². The summed E-state index contributed by atoms with van der Waals surface area (Å²) in [6.45, 7) is 2.84. The lowest BCUT2D eigenvalue weighted by molar-refractivity contribution is -0.136. The topological polar surface area (TPSA) is 198 Å². The normalized spacial score (nSPS) is 16.6. The first-order chi connectivity index (χ1) is 18.9. The van der Waals surface area contributed by atoms with Crippen molar-refractivity contribution in [2.24, 2.45) is 5.11 Å². The molecule has 1 fully saturated rings. The van der Waals surface area contributed by atoms with Gasteiger partial charge in [0, 0.05) is 17.9 Å². The van der Waals surface area contributed by atoms with Crippen molar-refractivity contribution >= 4 is 35.2 Å². The predicted octanol–water partition coefficient (Wildman–Crippen LogP) is 0.793. The van der Waals surface area contributed by atoms with Gasteiger partial charge in [-0.2, -0.15) is 0 Å². The third kappa shape index (κ3) is 8.56. The van der Waals surface area contributed by atoms with Gasteiger partial charge in [0.05, 0.1) is 76.1 Å². The molecule has 15 heteroatoms. The van der Waals surface area contributed by atoms with Crippen LogP contribution in [0.25, 0.3) is 10.4 Å². The number of amides is 5. The van der Waals surface area contributed by atoms with Gasteiger partial charge in [-0.05, 0) is 24.1 Å². The molecule has 2 N–H and O–H groups in total. The van der Waals surface area contributed by atoms with Crippen molar-refractivity contribution in [1.29, 1.82) is 0 Å². The molecule has 2 aliphatic heterocycles. The molecule has 0 spiro atoms. The Kier molecular flexibility index (Phi) is 11.8. The molecule has 210 valence electrons. The number of rotatable bonds is 17.